The summed E-state index contributed by atoms with van der Waals surface area (Å²) < 4.78 is 0. The third-order valence-electron chi connectivity index (χ3n) is 5.82. The molecule has 1 unspecified atom stereocenters. The number of likely N-dealkylation sites (N-methyl/N-ethyl adjacent to an activating group) is 1. The molecule has 102 valence electrons. The van der Waals surface area contributed by atoms with Gasteiger partial charge in [0, 0.05) is 6.54 Å². The zero-order chi connectivity index (χ0) is 12.9. The molecule has 0 aromatic heterocycles. The Kier molecular flexibility index (Phi) is 2.92. The predicted molar refractivity (Wildman–Crippen MR) is 71.9 cm³/mol. The maximum Gasteiger partial charge on any atom is 0.234 e. The van der Waals surface area contributed by atoms with Crippen molar-refractivity contribution < 1.29 is 4.79 Å². The molecule has 0 saturated heterocycles. The highest BCUT2D eigenvalue weighted by Gasteiger charge is 2.51. The molecule has 2 N–H and O–H groups in total. The monoisotopic (exact) mass is 250 g/mol. The number of amides is 1. The van der Waals surface area contributed by atoms with E-state index >= 15 is 0 Å². The molecule has 4 saturated carbocycles. The minimum atomic E-state index is -0.192. The smallest absolute Gasteiger partial charge is 0.234 e. The van der Waals surface area contributed by atoms with E-state index < -0.39 is 0 Å². The van der Waals surface area contributed by atoms with Gasteiger partial charge in [0.05, 0.1) is 6.04 Å². The van der Waals surface area contributed by atoms with Crippen LogP contribution in [0.4, 0.5) is 0 Å². The molecular weight excluding hydrogens is 224 g/mol. The first-order valence-corrected chi connectivity index (χ1v) is 7.47. The van der Waals surface area contributed by atoms with Gasteiger partial charge in [0.15, 0.2) is 0 Å². The van der Waals surface area contributed by atoms with Crippen molar-refractivity contribution in [1.82, 2.24) is 4.90 Å². The van der Waals surface area contributed by atoms with Gasteiger partial charge in [-0.05, 0) is 75.7 Å². The molecule has 18 heavy (non-hydrogen) atoms. The van der Waals surface area contributed by atoms with Crippen molar-refractivity contribution >= 4 is 5.91 Å². The van der Waals surface area contributed by atoms with Crippen LogP contribution in [0.5, 0.6) is 0 Å². The van der Waals surface area contributed by atoms with E-state index in [4.69, 9.17) is 5.73 Å². The van der Waals surface area contributed by atoms with Crippen LogP contribution in [0.3, 0.4) is 0 Å². The van der Waals surface area contributed by atoms with Gasteiger partial charge in [-0.3, -0.25) is 9.69 Å². The molecule has 4 aliphatic carbocycles. The maximum absolute atomic E-state index is 11.3. The van der Waals surface area contributed by atoms with Crippen molar-refractivity contribution in [2.24, 2.45) is 28.9 Å². The standard InChI is InChI=1S/C15H26N2O/c1-10(14(16)18)17(2)9-15-6-11-3-12(7-15)5-13(4-11)8-15/h10-13H,3-9H2,1-2H3,(H2,16,18). The van der Waals surface area contributed by atoms with Gasteiger partial charge in [0.2, 0.25) is 5.91 Å². The summed E-state index contributed by atoms with van der Waals surface area (Å²) in [5.41, 5.74) is 5.93. The van der Waals surface area contributed by atoms with Crippen molar-refractivity contribution in [1.29, 1.82) is 0 Å². The highest BCUT2D eigenvalue weighted by atomic mass is 16.1. The molecule has 4 rings (SSSR count). The fraction of sp³-hybridized carbons (Fsp3) is 0.933. The Labute approximate surface area is 110 Å². The third kappa shape index (κ3) is 2.07. The van der Waals surface area contributed by atoms with Gasteiger partial charge in [0.1, 0.15) is 0 Å². The minimum Gasteiger partial charge on any atom is -0.368 e. The second-order valence-electron chi connectivity index (χ2n) is 7.41. The lowest BCUT2D eigenvalue weighted by atomic mass is 9.49. The third-order valence-corrected chi connectivity index (χ3v) is 5.82. The number of rotatable bonds is 4. The van der Waals surface area contributed by atoms with Gasteiger partial charge < -0.3 is 5.73 Å². The molecule has 0 heterocycles. The summed E-state index contributed by atoms with van der Waals surface area (Å²) in [6.07, 6.45) is 8.63. The Morgan fingerprint density at radius 3 is 2.06 bits per heavy atom. The molecule has 4 bridgehead atoms. The number of nitrogens with zero attached hydrogens (tertiary/aromatic N) is 1. The molecule has 0 aromatic rings. The lowest BCUT2D eigenvalue weighted by Gasteiger charge is -2.58. The van der Waals surface area contributed by atoms with Gasteiger partial charge in [-0.15, -0.1) is 0 Å². The molecule has 1 atom stereocenters. The van der Waals surface area contributed by atoms with E-state index in [1.54, 1.807) is 0 Å². The number of hydrogen-bond donors (Lipinski definition) is 1. The van der Waals surface area contributed by atoms with Crippen LogP contribution >= 0.6 is 0 Å². The lowest BCUT2D eigenvalue weighted by Crippen LogP contribution is -2.53. The van der Waals surface area contributed by atoms with Gasteiger partial charge in [-0.25, -0.2) is 0 Å². The molecule has 4 fully saturated rings. The highest BCUT2D eigenvalue weighted by molar-refractivity contribution is 5.79. The normalized spacial score (nSPS) is 43.4. The van der Waals surface area contributed by atoms with Crippen LogP contribution in [-0.2, 0) is 4.79 Å². The van der Waals surface area contributed by atoms with E-state index in [0.29, 0.717) is 5.41 Å². The van der Waals surface area contributed by atoms with Crippen LogP contribution in [0.2, 0.25) is 0 Å². The van der Waals surface area contributed by atoms with Crippen LogP contribution in [0.1, 0.15) is 45.4 Å². The first-order chi connectivity index (χ1) is 8.47. The fourth-order valence-corrected chi connectivity index (χ4v) is 5.37. The Hall–Kier alpha value is -0.570. The van der Waals surface area contributed by atoms with Crippen molar-refractivity contribution in [3.05, 3.63) is 0 Å². The van der Waals surface area contributed by atoms with Crippen LogP contribution < -0.4 is 5.73 Å². The summed E-state index contributed by atoms with van der Waals surface area (Å²) >= 11 is 0. The quantitative estimate of drug-likeness (QED) is 0.829. The van der Waals surface area contributed by atoms with Gasteiger partial charge in [0.25, 0.3) is 0 Å². The fourth-order valence-electron chi connectivity index (χ4n) is 5.37. The summed E-state index contributed by atoms with van der Waals surface area (Å²) in [7, 11) is 2.06. The van der Waals surface area contributed by atoms with Crippen LogP contribution in [0, 0.1) is 23.2 Å². The van der Waals surface area contributed by atoms with Crippen LogP contribution in [0.25, 0.3) is 0 Å². The maximum atomic E-state index is 11.3. The number of primary amides is 1. The van der Waals surface area contributed by atoms with Crippen LogP contribution in [0.15, 0.2) is 0 Å². The Balaban J connectivity index is 1.70. The summed E-state index contributed by atoms with van der Waals surface area (Å²) in [4.78, 5) is 13.5. The van der Waals surface area contributed by atoms with Crippen LogP contribution in [-0.4, -0.2) is 30.4 Å². The largest absolute Gasteiger partial charge is 0.368 e. The minimum absolute atomic E-state index is 0.127. The zero-order valence-electron chi connectivity index (χ0n) is 11.7. The zero-order valence-corrected chi connectivity index (χ0v) is 11.7. The average molecular weight is 250 g/mol. The van der Waals surface area contributed by atoms with Gasteiger partial charge >= 0.3 is 0 Å². The second kappa shape index (κ2) is 4.22. The number of nitrogens with two attached hydrogens (primary N) is 1. The predicted octanol–water partition coefficient (Wildman–Crippen LogP) is 2.01. The van der Waals surface area contributed by atoms with E-state index in [0.717, 1.165) is 24.3 Å². The molecule has 0 aliphatic heterocycles. The van der Waals surface area contributed by atoms with Crippen molar-refractivity contribution in [2.45, 2.75) is 51.5 Å². The Morgan fingerprint density at radius 2 is 1.67 bits per heavy atom. The van der Waals surface area contributed by atoms with E-state index in [9.17, 15) is 4.79 Å². The Bertz CT molecular complexity index is 317. The van der Waals surface area contributed by atoms with Crippen molar-refractivity contribution in [3.63, 3.8) is 0 Å². The summed E-state index contributed by atoms with van der Waals surface area (Å²) in [5, 5.41) is 0. The van der Waals surface area contributed by atoms with E-state index in [1.807, 2.05) is 6.92 Å². The molecule has 4 aliphatic rings. The molecule has 3 heteroatoms. The van der Waals surface area contributed by atoms with Gasteiger partial charge in [-0.2, -0.15) is 0 Å². The first kappa shape index (κ1) is 12.5. The average Bonchev–Trinajstić information content (AvgIpc) is 2.24. The molecule has 0 radical (unpaired) electrons. The number of carbonyl (C=O) groups excluding carboxylic acids is 1. The van der Waals surface area contributed by atoms with Crippen molar-refractivity contribution in [3.8, 4) is 0 Å². The Morgan fingerprint density at radius 1 is 1.22 bits per heavy atom. The summed E-state index contributed by atoms with van der Waals surface area (Å²) in [5.74, 6) is 2.75. The van der Waals surface area contributed by atoms with E-state index in [-0.39, 0.29) is 11.9 Å². The van der Waals surface area contributed by atoms with Gasteiger partial charge in [-0.1, -0.05) is 0 Å². The molecule has 0 spiro atoms. The topological polar surface area (TPSA) is 46.3 Å². The molecule has 1 amide bonds. The molecule has 0 aromatic carbocycles. The molecular formula is C15H26N2O. The van der Waals surface area contributed by atoms with E-state index in [1.165, 1.54) is 38.5 Å². The summed E-state index contributed by atoms with van der Waals surface area (Å²) in [6.45, 7) is 3.00. The van der Waals surface area contributed by atoms with Crippen molar-refractivity contribution in [2.75, 3.05) is 13.6 Å². The summed E-state index contributed by atoms with van der Waals surface area (Å²) in [6, 6.07) is -0.127. The highest BCUT2D eigenvalue weighted by Crippen LogP contribution is 2.60. The second-order valence-corrected chi connectivity index (χ2v) is 7.41. The number of carbonyl (C=O) groups is 1. The van der Waals surface area contributed by atoms with E-state index in [2.05, 4.69) is 11.9 Å². The SMILES string of the molecule is CC(C(N)=O)N(C)CC12CC3CC(CC(C3)C1)C2. The first-order valence-electron chi connectivity index (χ1n) is 7.47. The lowest BCUT2D eigenvalue weighted by molar-refractivity contribution is -0.124. The number of hydrogen-bond acceptors (Lipinski definition) is 2. The molecule has 3 nitrogen and oxygen atoms in total.